The molecule has 0 aliphatic carbocycles. The van der Waals surface area contributed by atoms with E-state index in [4.69, 9.17) is 4.98 Å². The summed E-state index contributed by atoms with van der Waals surface area (Å²) in [4.78, 5) is 7.26. The Morgan fingerprint density at radius 3 is 2.32 bits per heavy atom. The zero-order valence-corrected chi connectivity index (χ0v) is 16.5. The van der Waals surface area contributed by atoms with Crippen LogP contribution < -0.4 is 5.32 Å². The molecule has 0 radical (unpaired) electrons. The largest absolute Gasteiger partial charge is 0.382 e. The van der Waals surface area contributed by atoms with E-state index in [-0.39, 0.29) is 5.54 Å². The average molecular weight is 340 g/mol. The first-order valence-electron chi connectivity index (χ1n) is 9.55. The van der Waals surface area contributed by atoms with E-state index in [0.717, 1.165) is 43.9 Å². The molecule has 0 aliphatic rings. The summed E-state index contributed by atoms with van der Waals surface area (Å²) in [5.41, 5.74) is 4.85. The van der Waals surface area contributed by atoms with Gasteiger partial charge in [-0.2, -0.15) is 0 Å². The lowest BCUT2D eigenvalue weighted by Gasteiger charge is -2.37. The molecule has 3 nitrogen and oxygen atoms in total. The van der Waals surface area contributed by atoms with Crippen molar-refractivity contribution in [2.75, 3.05) is 25.0 Å². The van der Waals surface area contributed by atoms with Crippen molar-refractivity contribution in [3.8, 4) is 11.3 Å². The Labute approximate surface area is 153 Å². The number of hydrogen-bond acceptors (Lipinski definition) is 3. The minimum atomic E-state index is 0.118. The summed E-state index contributed by atoms with van der Waals surface area (Å²) in [7, 11) is 0. The normalized spacial score (nSPS) is 11.8. The van der Waals surface area contributed by atoms with Crippen molar-refractivity contribution in [3.05, 3.63) is 48.2 Å². The standard InChI is InChI=1S/C22H33N3/c1-6-12-19-15-20(24-17-22(4,5)25(7-2)8-3)16-23-21(19)18-13-10-9-11-14-18/h9-11,13-16,24H,6-8,12,17H2,1-5H3. The molecule has 0 unspecified atom stereocenters. The highest BCUT2D eigenvalue weighted by atomic mass is 15.2. The van der Waals surface area contributed by atoms with Crippen LogP contribution in [-0.2, 0) is 6.42 Å². The second kappa shape index (κ2) is 9.00. The minimum absolute atomic E-state index is 0.118. The van der Waals surface area contributed by atoms with Crippen molar-refractivity contribution in [1.29, 1.82) is 0 Å². The number of pyridine rings is 1. The first-order valence-corrected chi connectivity index (χ1v) is 9.55. The van der Waals surface area contributed by atoms with Gasteiger partial charge in [-0.25, -0.2) is 0 Å². The Morgan fingerprint density at radius 1 is 1.04 bits per heavy atom. The summed E-state index contributed by atoms with van der Waals surface area (Å²) in [5, 5.41) is 3.61. The van der Waals surface area contributed by atoms with Gasteiger partial charge in [-0.1, -0.05) is 57.5 Å². The SMILES string of the molecule is CCCc1cc(NCC(C)(C)N(CC)CC)cnc1-c1ccccc1. The van der Waals surface area contributed by atoms with Crippen molar-refractivity contribution in [2.45, 2.75) is 53.0 Å². The number of anilines is 1. The minimum Gasteiger partial charge on any atom is -0.382 e. The van der Waals surface area contributed by atoms with Gasteiger partial charge in [0.2, 0.25) is 0 Å². The summed E-state index contributed by atoms with van der Waals surface area (Å²) in [6, 6.07) is 12.7. The Morgan fingerprint density at radius 2 is 1.72 bits per heavy atom. The van der Waals surface area contributed by atoms with E-state index in [1.807, 2.05) is 12.3 Å². The Balaban J connectivity index is 2.19. The van der Waals surface area contributed by atoms with Crippen LogP contribution in [0.15, 0.2) is 42.6 Å². The molecule has 0 atom stereocenters. The lowest BCUT2D eigenvalue weighted by molar-refractivity contribution is 0.147. The van der Waals surface area contributed by atoms with E-state index in [2.05, 4.69) is 75.2 Å². The number of benzene rings is 1. The van der Waals surface area contributed by atoms with Gasteiger partial charge in [-0.3, -0.25) is 9.88 Å². The van der Waals surface area contributed by atoms with Crippen LogP contribution in [0.4, 0.5) is 5.69 Å². The number of aryl methyl sites for hydroxylation is 1. The van der Waals surface area contributed by atoms with Crippen LogP contribution in [-0.4, -0.2) is 35.1 Å². The van der Waals surface area contributed by atoms with Crippen molar-refractivity contribution in [3.63, 3.8) is 0 Å². The summed E-state index contributed by atoms with van der Waals surface area (Å²) < 4.78 is 0. The zero-order chi connectivity index (χ0) is 18.3. The fourth-order valence-corrected chi connectivity index (χ4v) is 3.43. The number of likely N-dealkylation sites (N-methyl/N-ethyl adjacent to an activating group) is 1. The smallest absolute Gasteiger partial charge is 0.0735 e. The first-order chi connectivity index (χ1) is 12.0. The number of nitrogens with one attached hydrogen (secondary N) is 1. The molecule has 136 valence electrons. The van der Waals surface area contributed by atoms with E-state index >= 15 is 0 Å². The van der Waals surface area contributed by atoms with Gasteiger partial charge in [-0.15, -0.1) is 0 Å². The molecule has 1 aromatic heterocycles. The van der Waals surface area contributed by atoms with Crippen molar-refractivity contribution in [2.24, 2.45) is 0 Å². The zero-order valence-electron chi connectivity index (χ0n) is 16.5. The lowest BCUT2D eigenvalue weighted by Crippen LogP contribution is -2.48. The van der Waals surface area contributed by atoms with Gasteiger partial charge in [0.15, 0.2) is 0 Å². The second-order valence-electron chi connectivity index (χ2n) is 7.19. The fraction of sp³-hybridized carbons (Fsp3) is 0.500. The molecule has 0 bridgehead atoms. The van der Waals surface area contributed by atoms with Crippen LogP contribution in [0.2, 0.25) is 0 Å². The maximum absolute atomic E-state index is 4.78. The number of rotatable bonds is 9. The molecular formula is C22H33N3. The maximum atomic E-state index is 4.78. The van der Waals surface area contributed by atoms with Crippen LogP contribution in [0.5, 0.6) is 0 Å². The Bertz CT molecular complexity index is 646. The summed E-state index contributed by atoms with van der Waals surface area (Å²) >= 11 is 0. The molecule has 0 fully saturated rings. The van der Waals surface area contributed by atoms with E-state index < -0.39 is 0 Å². The predicted octanol–water partition coefficient (Wildman–Crippen LogP) is 5.23. The topological polar surface area (TPSA) is 28.2 Å². The first kappa shape index (κ1) is 19.5. The van der Waals surface area contributed by atoms with Gasteiger partial charge in [-0.05, 0) is 45.0 Å². The van der Waals surface area contributed by atoms with Crippen LogP contribution in [0, 0.1) is 0 Å². The summed E-state index contributed by atoms with van der Waals surface area (Å²) in [6.07, 6.45) is 4.14. The van der Waals surface area contributed by atoms with E-state index in [1.54, 1.807) is 0 Å². The summed E-state index contributed by atoms with van der Waals surface area (Å²) in [5.74, 6) is 0. The molecule has 1 aromatic carbocycles. The van der Waals surface area contributed by atoms with Crippen LogP contribution in [0.3, 0.4) is 0 Å². The van der Waals surface area contributed by atoms with E-state index in [0.29, 0.717) is 0 Å². The molecule has 1 N–H and O–H groups in total. The molecule has 1 heterocycles. The molecule has 2 rings (SSSR count). The van der Waals surface area contributed by atoms with E-state index in [9.17, 15) is 0 Å². The number of aromatic nitrogens is 1. The maximum Gasteiger partial charge on any atom is 0.0735 e. The highest BCUT2D eigenvalue weighted by Gasteiger charge is 2.24. The second-order valence-corrected chi connectivity index (χ2v) is 7.19. The highest BCUT2D eigenvalue weighted by molar-refractivity contribution is 5.65. The van der Waals surface area contributed by atoms with Crippen LogP contribution in [0.1, 0.15) is 46.6 Å². The number of nitrogens with zero attached hydrogens (tertiary/aromatic N) is 2. The van der Waals surface area contributed by atoms with Gasteiger partial charge < -0.3 is 5.32 Å². The predicted molar refractivity (Wildman–Crippen MR) is 109 cm³/mol. The molecule has 3 heteroatoms. The van der Waals surface area contributed by atoms with Gasteiger partial charge in [0.25, 0.3) is 0 Å². The Kier molecular flexibility index (Phi) is 7.01. The van der Waals surface area contributed by atoms with Crippen LogP contribution in [0.25, 0.3) is 11.3 Å². The third-order valence-corrected chi connectivity index (χ3v) is 4.88. The molecule has 0 spiro atoms. The van der Waals surface area contributed by atoms with Gasteiger partial charge in [0.05, 0.1) is 17.6 Å². The molecule has 0 amide bonds. The third kappa shape index (κ3) is 5.05. The van der Waals surface area contributed by atoms with Gasteiger partial charge >= 0.3 is 0 Å². The van der Waals surface area contributed by atoms with Crippen molar-refractivity contribution in [1.82, 2.24) is 9.88 Å². The monoisotopic (exact) mass is 339 g/mol. The lowest BCUT2D eigenvalue weighted by atomic mass is 10.0. The van der Waals surface area contributed by atoms with E-state index in [1.165, 1.54) is 11.1 Å². The van der Waals surface area contributed by atoms with Gasteiger partial charge in [0.1, 0.15) is 0 Å². The molecule has 0 saturated heterocycles. The summed E-state index contributed by atoms with van der Waals surface area (Å²) in [6.45, 7) is 14.3. The average Bonchev–Trinajstić information content (AvgIpc) is 2.62. The van der Waals surface area contributed by atoms with Crippen molar-refractivity contribution >= 4 is 5.69 Å². The van der Waals surface area contributed by atoms with Crippen molar-refractivity contribution < 1.29 is 0 Å². The molecule has 0 aliphatic heterocycles. The fourth-order valence-electron chi connectivity index (χ4n) is 3.43. The highest BCUT2D eigenvalue weighted by Crippen LogP contribution is 2.25. The quantitative estimate of drug-likeness (QED) is 0.678. The number of hydrogen-bond donors (Lipinski definition) is 1. The molecule has 0 saturated carbocycles. The molecule has 25 heavy (non-hydrogen) atoms. The molecular weight excluding hydrogens is 306 g/mol. The molecule has 2 aromatic rings. The van der Waals surface area contributed by atoms with Crippen LogP contribution >= 0.6 is 0 Å². The van der Waals surface area contributed by atoms with Gasteiger partial charge in [0, 0.05) is 17.6 Å². The third-order valence-electron chi connectivity index (χ3n) is 4.88. The Hall–Kier alpha value is -1.87.